The quantitative estimate of drug-likeness (QED) is 0.290. The van der Waals surface area contributed by atoms with Crippen molar-refractivity contribution in [2.45, 2.75) is 20.8 Å². The van der Waals surface area contributed by atoms with E-state index in [4.69, 9.17) is 5.73 Å². The number of nitrogens with zero attached hydrogens (tertiary/aromatic N) is 1. The molecule has 3 heterocycles. The molecular weight excluding hydrogens is 426 g/mol. The van der Waals surface area contributed by atoms with Gasteiger partial charge in [-0.15, -0.1) is 22.7 Å². The zero-order chi connectivity index (χ0) is 22.1. The van der Waals surface area contributed by atoms with Crippen molar-refractivity contribution < 1.29 is 9.59 Å². The van der Waals surface area contributed by atoms with E-state index in [0.29, 0.717) is 21.8 Å². The van der Waals surface area contributed by atoms with Crippen molar-refractivity contribution in [1.82, 2.24) is 4.98 Å². The van der Waals surface area contributed by atoms with Crippen molar-refractivity contribution in [1.29, 1.82) is 0 Å². The van der Waals surface area contributed by atoms with Gasteiger partial charge in [-0.25, -0.2) is 4.98 Å². The molecule has 0 fully saturated rings. The third kappa shape index (κ3) is 4.15. The molecule has 0 aliphatic rings. The van der Waals surface area contributed by atoms with Gasteiger partial charge in [0.25, 0.3) is 5.91 Å². The van der Waals surface area contributed by atoms with Gasteiger partial charge in [0.15, 0.2) is 5.78 Å². The van der Waals surface area contributed by atoms with Crippen molar-refractivity contribution in [3.8, 4) is 0 Å². The number of nitrogen functional groups attached to an aromatic ring is 1. The summed E-state index contributed by atoms with van der Waals surface area (Å²) >= 11 is 2.86. The number of rotatable bonds is 5. The highest BCUT2D eigenvalue weighted by Gasteiger charge is 2.20. The maximum absolute atomic E-state index is 12.9. The number of carbonyl (C=O) groups is 2. The second-order valence-corrected chi connectivity index (χ2v) is 9.20. The Morgan fingerprint density at radius 1 is 1.06 bits per heavy atom. The van der Waals surface area contributed by atoms with Crippen molar-refractivity contribution in [3.05, 3.63) is 80.0 Å². The molecule has 4 aromatic rings. The lowest BCUT2D eigenvalue weighted by Crippen LogP contribution is -2.12. The van der Waals surface area contributed by atoms with Crippen LogP contribution in [0.3, 0.4) is 0 Å². The van der Waals surface area contributed by atoms with Crippen LogP contribution in [-0.4, -0.2) is 16.7 Å². The van der Waals surface area contributed by atoms with Gasteiger partial charge in [0.1, 0.15) is 9.71 Å². The zero-order valence-electron chi connectivity index (χ0n) is 17.4. The Hall–Kier alpha value is -3.29. The highest BCUT2D eigenvalue weighted by Crippen LogP contribution is 2.36. The number of allylic oxidation sites excluding steroid dienone is 1. The second-order valence-electron chi connectivity index (χ2n) is 7.22. The summed E-state index contributed by atoms with van der Waals surface area (Å²) in [7, 11) is 0. The molecule has 156 valence electrons. The standard InChI is InChI=1S/C24H21N3O2S2/c1-13-14(2)20-21(25)22(31-24(20)26-15(13)3)23(29)27-17-8-6-16(7-9-17)19(28)11-10-18-5-4-12-30-18/h4-12H,25H2,1-3H3,(H,27,29)/b11-10+. The van der Waals surface area contributed by atoms with E-state index in [2.05, 4.69) is 10.3 Å². The minimum Gasteiger partial charge on any atom is -0.397 e. The average molecular weight is 448 g/mol. The fraction of sp³-hybridized carbons (Fsp3) is 0.125. The molecule has 0 spiro atoms. The molecule has 1 amide bonds. The van der Waals surface area contributed by atoms with Crippen LogP contribution in [-0.2, 0) is 0 Å². The molecule has 3 N–H and O–H groups in total. The summed E-state index contributed by atoms with van der Waals surface area (Å²) in [5.74, 6) is -0.376. The molecule has 0 saturated carbocycles. The van der Waals surface area contributed by atoms with Crippen LogP contribution in [0.5, 0.6) is 0 Å². The Balaban J connectivity index is 1.52. The van der Waals surface area contributed by atoms with Crippen LogP contribution in [0.4, 0.5) is 11.4 Å². The maximum Gasteiger partial charge on any atom is 0.267 e. The van der Waals surface area contributed by atoms with Crippen LogP contribution in [0.25, 0.3) is 16.3 Å². The smallest absolute Gasteiger partial charge is 0.267 e. The van der Waals surface area contributed by atoms with E-state index in [0.717, 1.165) is 31.9 Å². The van der Waals surface area contributed by atoms with E-state index < -0.39 is 0 Å². The molecule has 0 radical (unpaired) electrons. The molecule has 0 aliphatic heterocycles. The summed E-state index contributed by atoms with van der Waals surface area (Å²) in [4.78, 5) is 32.0. The maximum atomic E-state index is 12.9. The van der Waals surface area contributed by atoms with E-state index in [1.807, 2.05) is 38.3 Å². The molecule has 0 unspecified atom stereocenters. The van der Waals surface area contributed by atoms with Crippen molar-refractivity contribution in [2.75, 3.05) is 11.1 Å². The minimum atomic E-state index is -0.285. The van der Waals surface area contributed by atoms with Crippen LogP contribution in [0.15, 0.2) is 47.9 Å². The number of fused-ring (bicyclic) bond motifs is 1. The number of nitrogens with one attached hydrogen (secondary N) is 1. The monoisotopic (exact) mass is 447 g/mol. The largest absolute Gasteiger partial charge is 0.397 e. The summed E-state index contributed by atoms with van der Waals surface area (Å²) < 4.78 is 0. The van der Waals surface area contributed by atoms with Gasteiger partial charge in [0.2, 0.25) is 0 Å². The zero-order valence-corrected chi connectivity index (χ0v) is 19.0. The molecule has 31 heavy (non-hydrogen) atoms. The van der Waals surface area contributed by atoms with Crippen LogP contribution >= 0.6 is 22.7 Å². The third-order valence-corrected chi connectivity index (χ3v) is 7.19. The lowest BCUT2D eigenvalue weighted by molar-refractivity contribution is 0.102. The normalized spacial score (nSPS) is 11.3. The number of pyridine rings is 1. The summed E-state index contributed by atoms with van der Waals surface area (Å²) in [6.45, 7) is 5.96. The Morgan fingerprint density at radius 3 is 2.48 bits per heavy atom. The predicted molar refractivity (Wildman–Crippen MR) is 130 cm³/mol. The summed E-state index contributed by atoms with van der Waals surface area (Å²) in [6, 6.07) is 10.7. The number of hydrogen-bond acceptors (Lipinski definition) is 6. The Bertz CT molecular complexity index is 1320. The van der Waals surface area contributed by atoms with Crippen molar-refractivity contribution in [2.24, 2.45) is 0 Å². The van der Waals surface area contributed by atoms with Crippen LogP contribution in [0.1, 0.15) is 41.7 Å². The number of nitrogens with two attached hydrogens (primary N) is 1. The first-order valence-corrected chi connectivity index (χ1v) is 11.4. The van der Waals surface area contributed by atoms with Crippen LogP contribution < -0.4 is 11.1 Å². The molecule has 4 rings (SSSR count). The Morgan fingerprint density at radius 2 is 1.81 bits per heavy atom. The Labute approximate surface area is 188 Å². The molecule has 0 aliphatic carbocycles. The molecule has 5 nitrogen and oxygen atoms in total. The second kappa shape index (κ2) is 8.45. The number of hydrogen-bond donors (Lipinski definition) is 2. The summed E-state index contributed by atoms with van der Waals surface area (Å²) in [5.41, 5.74) is 11.0. The number of thiophene rings is 2. The predicted octanol–water partition coefficient (Wildman–Crippen LogP) is 6.01. The molecule has 0 bridgehead atoms. The van der Waals surface area contributed by atoms with Gasteiger partial charge >= 0.3 is 0 Å². The van der Waals surface area contributed by atoms with Gasteiger partial charge in [-0.1, -0.05) is 6.07 Å². The molecule has 0 saturated heterocycles. The lowest BCUT2D eigenvalue weighted by atomic mass is 10.1. The van der Waals surface area contributed by atoms with Crippen LogP contribution in [0, 0.1) is 20.8 Å². The number of aryl methyl sites for hydroxylation is 2. The number of ketones is 1. The topological polar surface area (TPSA) is 85.1 Å². The average Bonchev–Trinajstić information content (AvgIpc) is 3.39. The fourth-order valence-corrected chi connectivity index (χ4v) is 5.00. The lowest BCUT2D eigenvalue weighted by Gasteiger charge is -2.06. The van der Waals surface area contributed by atoms with Crippen molar-refractivity contribution >= 4 is 62.0 Å². The van der Waals surface area contributed by atoms with Crippen LogP contribution in [0.2, 0.25) is 0 Å². The Kier molecular flexibility index (Phi) is 5.71. The first-order valence-electron chi connectivity index (χ1n) is 9.68. The van der Waals surface area contributed by atoms with Gasteiger partial charge < -0.3 is 11.1 Å². The number of carbonyl (C=O) groups excluding carboxylic acids is 2. The first-order chi connectivity index (χ1) is 14.8. The minimum absolute atomic E-state index is 0.0904. The van der Waals surface area contributed by atoms with E-state index in [9.17, 15) is 9.59 Å². The molecule has 0 atom stereocenters. The molecule has 7 heteroatoms. The summed E-state index contributed by atoms with van der Waals surface area (Å²) in [6.07, 6.45) is 3.35. The van der Waals surface area contributed by atoms with E-state index >= 15 is 0 Å². The van der Waals surface area contributed by atoms with Gasteiger partial charge in [-0.05, 0) is 79.8 Å². The van der Waals surface area contributed by atoms with E-state index in [-0.39, 0.29) is 11.7 Å². The fourth-order valence-electron chi connectivity index (χ4n) is 3.28. The molecule has 3 aromatic heterocycles. The van der Waals surface area contributed by atoms with E-state index in [1.54, 1.807) is 47.8 Å². The number of anilines is 2. The number of amides is 1. The summed E-state index contributed by atoms with van der Waals surface area (Å²) in [5, 5.41) is 5.67. The van der Waals surface area contributed by atoms with Gasteiger partial charge in [-0.3, -0.25) is 9.59 Å². The molecule has 1 aromatic carbocycles. The highest BCUT2D eigenvalue weighted by atomic mass is 32.1. The SMILES string of the molecule is Cc1nc2sc(C(=O)Nc3ccc(C(=O)/C=C/c4cccs4)cc3)c(N)c2c(C)c1C. The number of aromatic nitrogens is 1. The highest BCUT2D eigenvalue weighted by molar-refractivity contribution is 7.21. The van der Waals surface area contributed by atoms with Gasteiger partial charge in [-0.2, -0.15) is 0 Å². The van der Waals surface area contributed by atoms with E-state index in [1.165, 1.54) is 11.3 Å². The van der Waals surface area contributed by atoms with Crippen molar-refractivity contribution in [3.63, 3.8) is 0 Å². The van der Waals surface area contributed by atoms with Gasteiger partial charge in [0.05, 0.1) is 5.69 Å². The number of benzene rings is 1. The first kappa shape index (κ1) is 21.0. The molecular formula is C24H21N3O2S2. The van der Waals surface area contributed by atoms with Gasteiger partial charge in [0, 0.05) is 27.2 Å². The third-order valence-electron chi connectivity index (χ3n) is 5.25.